The Bertz CT molecular complexity index is 1260. The molecule has 2 aliphatic heterocycles. The second-order valence-electron chi connectivity index (χ2n) is 7.69. The Hall–Kier alpha value is -2.99. The molecule has 0 unspecified atom stereocenters. The molecule has 0 saturated carbocycles. The van der Waals surface area contributed by atoms with E-state index < -0.39 is 5.97 Å². The fraction of sp³-hybridized carbons (Fsp3) is 0.429. The zero-order valence-electron chi connectivity index (χ0n) is 17.9. The molecule has 2 aliphatic rings. The van der Waals surface area contributed by atoms with Gasteiger partial charge in [-0.2, -0.15) is 0 Å². The highest BCUT2D eigenvalue weighted by Crippen LogP contribution is 2.33. The number of hydrogen-bond donors (Lipinski definition) is 0. The van der Waals surface area contributed by atoms with Crippen LogP contribution in [-0.4, -0.2) is 61.9 Å². The summed E-state index contributed by atoms with van der Waals surface area (Å²) in [4.78, 5) is 48.1. The lowest BCUT2D eigenvalue weighted by molar-refractivity contribution is 0.0514. The molecule has 172 valence electrons. The number of ether oxygens (including phenoxy) is 1. The lowest BCUT2D eigenvalue weighted by Gasteiger charge is -2.31. The molecule has 33 heavy (non-hydrogen) atoms. The topological polar surface area (TPSA) is 120 Å². The van der Waals surface area contributed by atoms with Gasteiger partial charge in [-0.15, -0.1) is 11.3 Å². The third-order valence-corrected chi connectivity index (χ3v) is 7.67. The van der Waals surface area contributed by atoms with Gasteiger partial charge in [0.25, 0.3) is 11.5 Å². The fourth-order valence-corrected chi connectivity index (χ4v) is 5.84. The first-order valence-electron chi connectivity index (χ1n) is 10.7. The molecule has 0 aliphatic carbocycles. The summed E-state index contributed by atoms with van der Waals surface area (Å²) in [6, 6.07) is 1.53. The maximum absolute atomic E-state index is 13.0. The van der Waals surface area contributed by atoms with Crippen molar-refractivity contribution in [1.82, 2.24) is 24.6 Å². The van der Waals surface area contributed by atoms with Crippen LogP contribution >= 0.6 is 23.1 Å². The van der Waals surface area contributed by atoms with Crippen molar-refractivity contribution in [2.45, 2.75) is 37.4 Å². The molecule has 1 fully saturated rings. The van der Waals surface area contributed by atoms with E-state index in [9.17, 15) is 14.4 Å². The highest BCUT2D eigenvalue weighted by atomic mass is 32.2. The number of amides is 1. The second-order valence-corrected chi connectivity index (χ2v) is 9.65. The minimum atomic E-state index is -0.531. The Morgan fingerprint density at radius 1 is 1.27 bits per heavy atom. The lowest BCUT2D eigenvalue weighted by atomic mass is 9.97. The van der Waals surface area contributed by atoms with Crippen LogP contribution in [0.2, 0.25) is 0 Å². The average molecular weight is 488 g/mol. The van der Waals surface area contributed by atoms with E-state index in [-0.39, 0.29) is 35.2 Å². The van der Waals surface area contributed by atoms with Gasteiger partial charge in [0, 0.05) is 48.9 Å². The highest BCUT2D eigenvalue weighted by molar-refractivity contribution is 7.99. The van der Waals surface area contributed by atoms with Gasteiger partial charge in [0.2, 0.25) is 0 Å². The van der Waals surface area contributed by atoms with Crippen LogP contribution in [0.25, 0.3) is 11.5 Å². The zero-order valence-corrected chi connectivity index (χ0v) is 19.5. The van der Waals surface area contributed by atoms with Gasteiger partial charge in [-0.05, 0) is 19.8 Å². The normalized spacial score (nSPS) is 16.1. The number of rotatable bonds is 5. The molecule has 0 aromatic carbocycles. The van der Waals surface area contributed by atoms with Crippen LogP contribution in [0.15, 0.2) is 32.1 Å². The summed E-state index contributed by atoms with van der Waals surface area (Å²) in [7, 11) is 0. The molecule has 12 heteroatoms. The van der Waals surface area contributed by atoms with Gasteiger partial charge < -0.3 is 14.2 Å². The standard InChI is InChI=1S/C21H21N5O5S2/c1-2-30-20(29)14-9-16(31-24-14)15-11-33-17(23-15)12-3-5-25(6-4-12)18(27)13-10-22-21-26(19(13)28)7-8-32-21/h9-12H,2-8H2,1H3. The van der Waals surface area contributed by atoms with Crippen LogP contribution in [0.5, 0.6) is 0 Å². The lowest BCUT2D eigenvalue weighted by Crippen LogP contribution is -2.41. The van der Waals surface area contributed by atoms with Crippen molar-refractivity contribution in [2.24, 2.45) is 0 Å². The molecular weight excluding hydrogens is 466 g/mol. The summed E-state index contributed by atoms with van der Waals surface area (Å²) in [5, 5.41) is 7.25. The van der Waals surface area contributed by atoms with E-state index >= 15 is 0 Å². The minimum Gasteiger partial charge on any atom is -0.461 e. The third-order valence-electron chi connectivity index (χ3n) is 5.69. The fourth-order valence-electron chi connectivity index (χ4n) is 3.95. The van der Waals surface area contributed by atoms with E-state index in [4.69, 9.17) is 9.26 Å². The Morgan fingerprint density at radius 2 is 2.09 bits per heavy atom. The summed E-state index contributed by atoms with van der Waals surface area (Å²) in [5.74, 6) is 0.633. The van der Waals surface area contributed by atoms with E-state index in [0.29, 0.717) is 36.2 Å². The number of esters is 1. The summed E-state index contributed by atoms with van der Waals surface area (Å²) in [6.45, 7) is 3.67. The van der Waals surface area contributed by atoms with Crippen molar-refractivity contribution in [2.75, 3.05) is 25.4 Å². The molecule has 10 nitrogen and oxygen atoms in total. The molecule has 5 rings (SSSR count). The SMILES string of the molecule is CCOC(=O)c1cc(-c2csc(C3CCN(C(=O)c4cnc5n(c4=O)CCS5)CC3)n2)on1. The number of fused-ring (bicyclic) bond motifs is 1. The first-order chi connectivity index (χ1) is 16.0. The van der Waals surface area contributed by atoms with Crippen LogP contribution in [-0.2, 0) is 11.3 Å². The largest absolute Gasteiger partial charge is 0.461 e. The Kier molecular flexibility index (Phi) is 6.02. The Morgan fingerprint density at radius 3 is 2.88 bits per heavy atom. The number of hydrogen-bond acceptors (Lipinski definition) is 10. The van der Waals surface area contributed by atoms with Gasteiger partial charge in [0.05, 0.1) is 11.6 Å². The van der Waals surface area contributed by atoms with Crippen molar-refractivity contribution in [3.05, 3.63) is 44.3 Å². The second kappa shape index (κ2) is 9.10. The van der Waals surface area contributed by atoms with Crippen LogP contribution in [0.3, 0.4) is 0 Å². The maximum atomic E-state index is 13.0. The number of likely N-dealkylation sites (tertiary alicyclic amines) is 1. The Balaban J connectivity index is 1.23. The zero-order chi connectivity index (χ0) is 22.9. The number of piperidine rings is 1. The maximum Gasteiger partial charge on any atom is 0.360 e. The average Bonchev–Trinajstić information content (AvgIpc) is 3.59. The van der Waals surface area contributed by atoms with E-state index in [1.165, 1.54) is 35.4 Å². The van der Waals surface area contributed by atoms with Crippen molar-refractivity contribution in [1.29, 1.82) is 0 Å². The predicted octanol–water partition coefficient (Wildman–Crippen LogP) is 2.66. The van der Waals surface area contributed by atoms with Crippen molar-refractivity contribution < 1.29 is 18.8 Å². The van der Waals surface area contributed by atoms with Crippen LogP contribution in [0.1, 0.15) is 51.5 Å². The van der Waals surface area contributed by atoms with E-state index in [1.54, 1.807) is 16.4 Å². The van der Waals surface area contributed by atoms with Gasteiger partial charge in [0.15, 0.2) is 16.6 Å². The van der Waals surface area contributed by atoms with E-state index in [0.717, 1.165) is 23.6 Å². The monoisotopic (exact) mass is 487 g/mol. The van der Waals surface area contributed by atoms with Gasteiger partial charge in [-0.25, -0.2) is 14.8 Å². The summed E-state index contributed by atoms with van der Waals surface area (Å²) < 4.78 is 11.8. The molecule has 1 saturated heterocycles. The summed E-state index contributed by atoms with van der Waals surface area (Å²) in [5.41, 5.74) is 0.616. The molecule has 1 amide bonds. The number of carbonyl (C=O) groups excluding carboxylic acids is 2. The molecule has 3 aromatic rings. The van der Waals surface area contributed by atoms with Crippen molar-refractivity contribution in [3.8, 4) is 11.5 Å². The number of thioether (sulfide) groups is 1. The van der Waals surface area contributed by atoms with Gasteiger partial charge in [-0.1, -0.05) is 16.9 Å². The van der Waals surface area contributed by atoms with Crippen LogP contribution in [0, 0.1) is 0 Å². The first kappa shape index (κ1) is 21.8. The number of thiazole rings is 1. The molecule has 0 radical (unpaired) electrons. The van der Waals surface area contributed by atoms with E-state index in [2.05, 4.69) is 15.1 Å². The quantitative estimate of drug-likeness (QED) is 0.395. The molecule has 0 N–H and O–H groups in total. The molecule has 5 heterocycles. The molecule has 0 bridgehead atoms. The van der Waals surface area contributed by atoms with Crippen molar-refractivity contribution >= 4 is 35.0 Å². The highest BCUT2D eigenvalue weighted by Gasteiger charge is 2.29. The van der Waals surface area contributed by atoms with Gasteiger partial charge >= 0.3 is 5.97 Å². The molecule has 0 spiro atoms. The smallest absolute Gasteiger partial charge is 0.360 e. The molecular formula is C21H21N5O5S2. The summed E-state index contributed by atoms with van der Waals surface area (Å²) >= 11 is 3.05. The summed E-state index contributed by atoms with van der Waals surface area (Å²) in [6.07, 6.45) is 2.91. The number of carbonyl (C=O) groups is 2. The van der Waals surface area contributed by atoms with Gasteiger partial charge in [0.1, 0.15) is 11.3 Å². The first-order valence-corrected chi connectivity index (χ1v) is 12.5. The molecule has 0 atom stereocenters. The van der Waals surface area contributed by atoms with Crippen LogP contribution < -0.4 is 5.56 Å². The number of nitrogens with zero attached hydrogens (tertiary/aromatic N) is 5. The third kappa shape index (κ3) is 4.20. The number of aromatic nitrogens is 4. The van der Waals surface area contributed by atoms with E-state index in [1.807, 2.05) is 5.38 Å². The van der Waals surface area contributed by atoms with Crippen molar-refractivity contribution in [3.63, 3.8) is 0 Å². The predicted molar refractivity (Wildman–Crippen MR) is 121 cm³/mol. The Labute approximate surface area is 197 Å². The molecule has 3 aromatic heterocycles. The minimum absolute atomic E-state index is 0.115. The van der Waals surface area contributed by atoms with Gasteiger partial charge in [-0.3, -0.25) is 14.2 Å². The van der Waals surface area contributed by atoms with Crippen LogP contribution in [0.4, 0.5) is 0 Å².